The van der Waals surface area contributed by atoms with Crippen molar-refractivity contribution >= 4 is 41.0 Å². The number of nitrogens with zero attached hydrogens (tertiary/aromatic N) is 4. The maximum Gasteiger partial charge on any atom is 0.242 e. The van der Waals surface area contributed by atoms with Crippen molar-refractivity contribution in [3.63, 3.8) is 0 Å². The van der Waals surface area contributed by atoms with E-state index in [1.807, 2.05) is 58.1 Å². The Hall–Kier alpha value is -2.97. The lowest BCUT2D eigenvalue weighted by atomic mass is 9.87. The number of fused-ring (bicyclic) bond motifs is 1. The van der Waals surface area contributed by atoms with Crippen molar-refractivity contribution in [2.75, 3.05) is 37.4 Å². The summed E-state index contributed by atoms with van der Waals surface area (Å²) in [5, 5.41) is 5.61. The smallest absolute Gasteiger partial charge is 0.242 e. The van der Waals surface area contributed by atoms with Crippen molar-refractivity contribution in [1.82, 2.24) is 14.7 Å². The quantitative estimate of drug-likeness (QED) is 0.356. The van der Waals surface area contributed by atoms with E-state index >= 15 is 0 Å². The number of carbonyl (C=O) groups is 2. The molecule has 0 N–H and O–H groups in total. The molecule has 0 unspecified atom stereocenters. The standard InChI is InChI=1S/C31H37ClN4O3S/c1-20-13-15-34(16-14-20)25(37)18-35-26(38)19-40-28(21-7-6-8-22(32)17-21)27-29(31(2,3)4)33-36(30(27)35)23-9-11-24(39-5)12-10-23/h6-12,17,20,28H,13-16,18-19H2,1-5H3/t28-/m1/s1. The normalized spacial score (nSPS) is 18.4. The zero-order chi connectivity index (χ0) is 28.6. The second kappa shape index (κ2) is 11.5. The first-order valence-electron chi connectivity index (χ1n) is 13.8. The first kappa shape index (κ1) is 28.6. The molecule has 0 bridgehead atoms. The van der Waals surface area contributed by atoms with E-state index in [0.29, 0.717) is 16.8 Å². The molecule has 0 radical (unpaired) electrons. The van der Waals surface area contributed by atoms with Crippen molar-refractivity contribution in [2.45, 2.75) is 51.2 Å². The monoisotopic (exact) mass is 580 g/mol. The number of halogens is 1. The zero-order valence-electron chi connectivity index (χ0n) is 23.8. The largest absolute Gasteiger partial charge is 0.497 e. The second-order valence-electron chi connectivity index (χ2n) is 11.7. The van der Waals surface area contributed by atoms with Gasteiger partial charge in [0.1, 0.15) is 18.1 Å². The summed E-state index contributed by atoms with van der Waals surface area (Å²) >= 11 is 8.00. The lowest BCUT2D eigenvalue weighted by Gasteiger charge is -2.32. The average Bonchev–Trinajstić information content (AvgIpc) is 3.26. The van der Waals surface area contributed by atoms with Gasteiger partial charge in [-0.05, 0) is 60.7 Å². The van der Waals surface area contributed by atoms with Crippen LogP contribution in [0.3, 0.4) is 0 Å². The van der Waals surface area contributed by atoms with Crippen LogP contribution in [0, 0.1) is 5.92 Å². The predicted molar refractivity (Wildman–Crippen MR) is 162 cm³/mol. The van der Waals surface area contributed by atoms with E-state index in [1.165, 1.54) is 0 Å². The molecule has 5 rings (SSSR count). The first-order chi connectivity index (χ1) is 19.1. The van der Waals surface area contributed by atoms with Crippen LogP contribution in [0.5, 0.6) is 5.75 Å². The van der Waals surface area contributed by atoms with Crippen molar-refractivity contribution in [1.29, 1.82) is 0 Å². The van der Waals surface area contributed by atoms with Crippen LogP contribution in [0.4, 0.5) is 5.82 Å². The number of amides is 2. The van der Waals surface area contributed by atoms with Crippen LogP contribution >= 0.6 is 23.4 Å². The number of benzene rings is 2. The SMILES string of the molecule is COc1ccc(-n2nc(C(C)(C)C)c3c2N(CC(=O)N2CCC(C)CC2)C(=O)CS[C@@H]3c2cccc(Cl)c2)cc1. The Kier molecular flexibility index (Phi) is 8.20. The van der Waals surface area contributed by atoms with E-state index in [4.69, 9.17) is 21.4 Å². The van der Waals surface area contributed by atoms with Gasteiger partial charge in [-0.1, -0.05) is 51.4 Å². The van der Waals surface area contributed by atoms with Crippen LogP contribution in [-0.4, -0.2) is 59.0 Å². The third kappa shape index (κ3) is 5.75. The maximum absolute atomic E-state index is 13.9. The number of thioether (sulfide) groups is 1. The van der Waals surface area contributed by atoms with Crippen molar-refractivity contribution in [3.05, 3.63) is 70.4 Å². The van der Waals surface area contributed by atoms with Crippen molar-refractivity contribution in [2.24, 2.45) is 5.92 Å². The summed E-state index contributed by atoms with van der Waals surface area (Å²) in [5.41, 5.74) is 3.30. The molecular formula is C31H37ClN4O3S. The summed E-state index contributed by atoms with van der Waals surface area (Å²) in [4.78, 5) is 31.1. The Bertz CT molecular complexity index is 1390. The Morgan fingerprint density at radius 2 is 1.82 bits per heavy atom. The van der Waals surface area contributed by atoms with Gasteiger partial charge in [-0.3, -0.25) is 14.5 Å². The van der Waals surface area contributed by atoms with Crippen LogP contribution in [0.25, 0.3) is 5.69 Å². The number of methoxy groups -OCH3 is 1. The Morgan fingerprint density at radius 1 is 1.12 bits per heavy atom. The van der Waals surface area contributed by atoms with E-state index in [0.717, 1.165) is 54.2 Å². The minimum absolute atomic E-state index is 0.0194. The van der Waals surface area contributed by atoms with E-state index in [-0.39, 0.29) is 34.8 Å². The highest BCUT2D eigenvalue weighted by Gasteiger charge is 2.40. The fourth-order valence-electron chi connectivity index (χ4n) is 5.40. The highest BCUT2D eigenvalue weighted by molar-refractivity contribution is 8.00. The fourth-order valence-corrected chi connectivity index (χ4v) is 6.79. The highest BCUT2D eigenvalue weighted by atomic mass is 35.5. The molecule has 40 heavy (non-hydrogen) atoms. The van der Waals surface area contributed by atoms with Gasteiger partial charge < -0.3 is 9.64 Å². The summed E-state index contributed by atoms with van der Waals surface area (Å²) in [5.74, 6) is 2.09. The molecule has 1 saturated heterocycles. The van der Waals surface area contributed by atoms with Gasteiger partial charge in [-0.2, -0.15) is 5.10 Å². The Balaban J connectivity index is 1.70. The molecule has 1 atom stereocenters. The molecule has 2 amide bonds. The molecule has 0 spiro atoms. The molecular weight excluding hydrogens is 544 g/mol. The molecule has 1 aromatic heterocycles. The molecule has 2 aromatic carbocycles. The van der Waals surface area contributed by atoms with Crippen LogP contribution in [0.2, 0.25) is 5.02 Å². The number of likely N-dealkylation sites (tertiary alicyclic amines) is 1. The topological polar surface area (TPSA) is 67.7 Å². The molecule has 212 valence electrons. The molecule has 0 aliphatic carbocycles. The van der Waals surface area contributed by atoms with E-state index in [9.17, 15) is 9.59 Å². The van der Waals surface area contributed by atoms with E-state index in [1.54, 1.807) is 23.8 Å². The van der Waals surface area contributed by atoms with Gasteiger partial charge in [0.15, 0.2) is 0 Å². The number of hydrogen-bond donors (Lipinski definition) is 0. The van der Waals surface area contributed by atoms with Gasteiger partial charge in [0, 0.05) is 29.1 Å². The van der Waals surface area contributed by atoms with Crippen LogP contribution in [-0.2, 0) is 15.0 Å². The van der Waals surface area contributed by atoms with Gasteiger partial charge in [-0.15, -0.1) is 11.8 Å². The van der Waals surface area contributed by atoms with Crippen molar-refractivity contribution < 1.29 is 14.3 Å². The highest BCUT2D eigenvalue weighted by Crippen LogP contribution is 2.48. The van der Waals surface area contributed by atoms with Gasteiger partial charge >= 0.3 is 0 Å². The molecule has 2 aliphatic rings. The summed E-state index contributed by atoms with van der Waals surface area (Å²) in [6, 6.07) is 15.4. The third-order valence-corrected chi connectivity index (χ3v) is 9.19. The summed E-state index contributed by atoms with van der Waals surface area (Å²) < 4.78 is 7.22. The summed E-state index contributed by atoms with van der Waals surface area (Å²) in [6.45, 7) is 10.0. The lowest BCUT2D eigenvalue weighted by Crippen LogP contribution is -2.46. The number of aromatic nitrogens is 2. The number of hydrogen-bond acceptors (Lipinski definition) is 5. The number of rotatable bonds is 5. The molecule has 1 fully saturated rings. The summed E-state index contributed by atoms with van der Waals surface area (Å²) in [7, 11) is 1.63. The first-order valence-corrected chi connectivity index (χ1v) is 15.2. The van der Waals surface area contributed by atoms with Crippen LogP contribution < -0.4 is 9.64 Å². The van der Waals surface area contributed by atoms with Gasteiger partial charge in [0.2, 0.25) is 11.8 Å². The Labute approximate surface area is 245 Å². The zero-order valence-corrected chi connectivity index (χ0v) is 25.4. The van der Waals surface area contributed by atoms with Crippen molar-refractivity contribution in [3.8, 4) is 11.4 Å². The number of piperidine rings is 1. The minimum Gasteiger partial charge on any atom is -0.497 e. The Morgan fingerprint density at radius 3 is 2.45 bits per heavy atom. The predicted octanol–water partition coefficient (Wildman–Crippen LogP) is 6.26. The van der Waals surface area contributed by atoms with Gasteiger partial charge in [-0.25, -0.2) is 4.68 Å². The number of ether oxygens (including phenoxy) is 1. The average molecular weight is 581 g/mol. The van der Waals surface area contributed by atoms with Crippen LogP contribution in [0.1, 0.15) is 62.6 Å². The van der Waals surface area contributed by atoms with Gasteiger partial charge in [0.25, 0.3) is 0 Å². The molecule has 3 aromatic rings. The number of anilines is 1. The minimum atomic E-state index is -0.328. The fraction of sp³-hybridized carbons (Fsp3) is 0.452. The molecule has 9 heteroatoms. The lowest BCUT2D eigenvalue weighted by molar-refractivity contribution is -0.132. The molecule has 2 aliphatic heterocycles. The summed E-state index contributed by atoms with van der Waals surface area (Å²) in [6.07, 6.45) is 1.96. The van der Waals surface area contributed by atoms with Crippen LogP contribution in [0.15, 0.2) is 48.5 Å². The number of carbonyl (C=O) groups excluding carboxylic acids is 2. The van der Waals surface area contributed by atoms with E-state index in [2.05, 4.69) is 27.7 Å². The van der Waals surface area contributed by atoms with E-state index < -0.39 is 0 Å². The molecule has 7 nitrogen and oxygen atoms in total. The maximum atomic E-state index is 13.9. The van der Waals surface area contributed by atoms with Gasteiger partial charge in [0.05, 0.1) is 29.5 Å². The third-order valence-electron chi connectivity index (χ3n) is 7.70. The molecule has 3 heterocycles. The molecule has 0 saturated carbocycles. The second-order valence-corrected chi connectivity index (χ2v) is 13.3.